The molecule has 0 bridgehead atoms. The van der Waals surface area contributed by atoms with E-state index in [4.69, 9.17) is 0 Å². The lowest BCUT2D eigenvalue weighted by Gasteiger charge is -2.41. The van der Waals surface area contributed by atoms with Crippen LogP contribution in [0.1, 0.15) is 46.0 Å². The number of carboxylic acids is 1. The maximum Gasteiger partial charge on any atom is 0.320 e. The minimum atomic E-state index is -0.745. The van der Waals surface area contributed by atoms with Crippen molar-refractivity contribution in [1.82, 2.24) is 9.80 Å². The van der Waals surface area contributed by atoms with Crippen LogP contribution in [0, 0.1) is 5.41 Å². The van der Waals surface area contributed by atoms with Crippen molar-refractivity contribution in [3.8, 4) is 0 Å². The lowest BCUT2D eigenvalue weighted by molar-refractivity contribution is -0.150. The Hall–Kier alpha value is -1.26. The zero-order valence-electron chi connectivity index (χ0n) is 11.9. The summed E-state index contributed by atoms with van der Waals surface area (Å²) in [5.74, 6) is -0.745. The van der Waals surface area contributed by atoms with Crippen molar-refractivity contribution in [1.29, 1.82) is 0 Å². The molecule has 5 heteroatoms. The monoisotopic (exact) mass is 268 g/mol. The van der Waals surface area contributed by atoms with Crippen LogP contribution in [0.15, 0.2) is 0 Å². The van der Waals surface area contributed by atoms with Gasteiger partial charge in [-0.1, -0.05) is 0 Å². The summed E-state index contributed by atoms with van der Waals surface area (Å²) in [7, 11) is 0. The maximum atomic E-state index is 12.4. The Morgan fingerprint density at radius 3 is 2.32 bits per heavy atom. The van der Waals surface area contributed by atoms with Gasteiger partial charge in [-0.05, 0) is 46.0 Å². The molecule has 19 heavy (non-hydrogen) atoms. The Morgan fingerprint density at radius 1 is 1.16 bits per heavy atom. The summed E-state index contributed by atoms with van der Waals surface area (Å²) in [4.78, 5) is 27.4. The van der Waals surface area contributed by atoms with Crippen LogP contribution in [0.5, 0.6) is 0 Å². The molecule has 2 amide bonds. The Bertz CT molecular complexity index is 362. The van der Waals surface area contributed by atoms with Gasteiger partial charge in [-0.3, -0.25) is 4.79 Å². The number of hydrogen-bond donors (Lipinski definition) is 1. The minimum Gasteiger partial charge on any atom is -0.481 e. The number of aliphatic carboxylic acids is 1. The quantitative estimate of drug-likeness (QED) is 0.792. The first-order valence-corrected chi connectivity index (χ1v) is 7.23. The zero-order valence-corrected chi connectivity index (χ0v) is 11.9. The average molecular weight is 268 g/mol. The third-order valence-corrected chi connectivity index (χ3v) is 4.70. The molecule has 0 aliphatic carbocycles. The van der Waals surface area contributed by atoms with E-state index in [-0.39, 0.29) is 6.03 Å². The topological polar surface area (TPSA) is 60.9 Å². The predicted molar refractivity (Wildman–Crippen MR) is 72.0 cm³/mol. The number of piperidine rings is 2. The van der Waals surface area contributed by atoms with E-state index in [9.17, 15) is 14.7 Å². The van der Waals surface area contributed by atoms with Gasteiger partial charge in [0, 0.05) is 25.7 Å². The van der Waals surface area contributed by atoms with Crippen LogP contribution >= 0.6 is 0 Å². The van der Waals surface area contributed by atoms with Crippen molar-refractivity contribution >= 4 is 12.0 Å². The predicted octanol–water partition coefficient (Wildman–Crippen LogP) is 2.17. The first-order valence-electron chi connectivity index (χ1n) is 7.23. The summed E-state index contributed by atoms with van der Waals surface area (Å²) in [5.41, 5.74) is -0.662. The highest BCUT2D eigenvalue weighted by Gasteiger charge is 2.39. The second-order valence-electron chi connectivity index (χ2n) is 6.17. The number of carboxylic acid groups (broad SMARTS) is 1. The molecule has 1 atom stereocenters. The molecule has 2 rings (SSSR count). The fraction of sp³-hybridized carbons (Fsp3) is 0.857. The van der Waals surface area contributed by atoms with Crippen molar-refractivity contribution in [2.24, 2.45) is 5.41 Å². The zero-order chi connectivity index (χ0) is 14.0. The first kappa shape index (κ1) is 14.2. The summed E-state index contributed by atoms with van der Waals surface area (Å²) in [5, 5.41) is 9.20. The number of amides is 2. The Labute approximate surface area is 114 Å². The molecule has 108 valence electrons. The van der Waals surface area contributed by atoms with E-state index < -0.39 is 11.4 Å². The van der Waals surface area contributed by atoms with E-state index in [0.717, 1.165) is 19.4 Å². The van der Waals surface area contributed by atoms with Gasteiger partial charge in [0.15, 0.2) is 0 Å². The number of nitrogens with zero attached hydrogens (tertiary/aromatic N) is 2. The highest BCUT2D eigenvalue weighted by atomic mass is 16.4. The maximum absolute atomic E-state index is 12.4. The highest BCUT2D eigenvalue weighted by Crippen LogP contribution is 2.32. The lowest BCUT2D eigenvalue weighted by Crippen LogP contribution is -2.53. The van der Waals surface area contributed by atoms with Crippen molar-refractivity contribution in [2.75, 3.05) is 19.6 Å². The number of urea groups is 1. The summed E-state index contributed by atoms with van der Waals surface area (Å²) in [6.07, 6.45) is 4.46. The molecule has 1 unspecified atom stereocenters. The van der Waals surface area contributed by atoms with Gasteiger partial charge in [0.2, 0.25) is 0 Å². The van der Waals surface area contributed by atoms with Gasteiger partial charge in [-0.15, -0.1) is 0 Å². The Balaban J connectivity index is 1.94. The molecule has 2 saturated heterocycles. The molecule has 0 saturated carbocycles. The van der Waals surface area contributed by atoms with Gasteiger partial charge in [-0.25, -0.2) is 4.79 Å². The summed E-state index contributed by atoms with van der Waals surface area (Å²) in [6.45, 7) is 5.84. The van der Waals surface area contributed by atoms with Crippen LogP contribution in [-0.4, -0.2) is 52.6 Å². The molecule has 2 heterocycles. The summed E-state index contributed by atoms with van der Waals surface area (Å²) < 4.78 is 0. The summed E-state index contributed by atoms with van der Waals surface area (Å²) >= 11 is 0. The van der Waals surface area contributed by atoms with Gasteiger partial charge in [-0.2, -0.15) is 0 Å². The van der Waals surface area contributed by atoms with Crippen molar-refractivity contribution < 1.29 is 14.7 Å². The molecule has 0 radical (unpaired) electrons. The Kier molecular flexibility index (Phi) is 4.02. The van der Waals surface area contributed by atoms with Gasteiger partial charge >= 0.3 is 12.0 Å². The standard InChI is InChI=1S/C14H24N2O3/c1-11-5-3-4-8-16(11)13(19)15-9-6-14(2,7-10-15)12(17)18/h11H,3-10H2,1-2H3,(H,17,18). The molecule has 2 aliphatic heterocycles. The molecule has 0 aromatic heterocycles. The molecular weight excluding hydrogens is 244 g/mol. The SMILES string of the molecule is CC1CCCCN1C(=O)N1CCC(C)(C(=O)O)CC1. The third kappa shape index (κ3) is 2.85. The van der Waals surface area contributed by atoms with Crippen LogP contribution in [0.25, 0.3) is 0 Å². The molecule has 2 fully saturated rings. The minimum absolute atomic E-state index is 0.0969. The van der Waals surface area contributed by atoms with Crippen LogP contribution in [0.3, 0.4) is 0 Å². The van der Waals surface area contributed by atoms with Crippen LogP contribution < -0.4 is 0 Å². The van der Waals surface area contributed by atoms with Crippen LogP contribution in [-0.2, 0) is 4.79 Å². The molecule has 0 aromatic carbocycles. The van der Waals surface area contributed by atoms with Crippen molar-refractivity contribution in [2.45, 2.75) is 52.0 Å². The molecule has 0 aromatic rings. The first-order chi connectivity index (χ1) is 8.94. The fourth-order valence-electron chi connectivity index (χ4n) is 2.97. The normalized spacial score (nSPS) is 27.2. The lowest BCUT2D eigenvalue weighted by atomic mass is 9.80. The molecule has 1 N–H and O–H groups in total. The van der Waals surface area contributed by atoms with E-state index in [1.807, 2.05) is 9.80 Å². The average Bonchev–Trinajstić information content (AvgIpc) is 2.39. The van der Waals surface area contributed by atoms with E-state index in [0.29, 0.717) is 32.0 Å². The Morgan fingerprint density at radius 2 is 1.79 bits per heavy atom. The van der Waals surface area contributed by atoms with E-state index in [2.05, 4.69) is 6.92 Å². The molecule has 2 aliphatic rings. The second kappa shape index (κ2) is 5.39. The molecule has 5 nitrogen and oxygen atoms in total. The van der Waals surface area contributed by atoms with Gasteiger partial charge in [0.1, 0.15) is 0 Å². The van der Waals surface area contributed by atoms with Gasteiger partial charge in [0.25, 0.3) is 0 Å². The van der Waals surface area contributed by atoms with Gasteiger partial charge < -0.3 is 14.9 Å². The smallest absolute Gasteiger partial charge is 0.320 e. The van der Waals surface area contributed by atoms with Crippen LogP contribution in [0.4, 0.5) is 4.79 Å². The summed E-state index contributed by atoms with van der Waals surface area (Å²) in [6, 6.07) is 0.411. The number of rotatable bonds is 1. The largest absolute Gasteiger partial charge is 0.481 e. The number of carbonyl (C=O) groups excluding carboxylic acids is 1. The van der Waals surface area contributed by atoms with Crippen LogP contribution in [0.2, 0.25) is 0 Å². The number of likely N-dealkylation sites (tertiary alicyclic amines) is 2. The fourth-order valence-corrected chi connectivity index (χ4v) is 2.97. The van der Waals surface area contributed by atoms with E-state index in [1.165, 1.54) is 6.42 Å². The van der Waals surface area contributed by atoms with E-state index >= 15 is 0 Å². The van der Waals surface area contributed by atoms with Gasteiger partial charge in [0.05, 0.1) is 5.41 Å². The highest BCUT2D eigenvalue weighted by molar-refractivity contribution is 5.77. The van der Waals surface area contributed by atoms with Crippen molar-refractivity contribution in [3.05, 3.63) is 0 Å². The molecular formula is C14H24N2O3. The third-order valence-electron chi connectivity index (χ3n) is 4.70. The number of hydrogen-bond acceptors (Lipinski definition) is 2. The van der Waals surface area contributed by atoms with Crippen molar-refractivity contribution in [3.63, 3.8) is 0 Å². The number of carbonyl (C=O) groups is 2. The van der Waals surface area contributed by atoms with E-state index in [1.54, 1.807) is 6.92 Å². The second-order valence-corrected chi connectivity index (χ2v) is 6.17. The molecule has 0 spiro atoms.